The van der Waals surface area contributed by atoms with E-state index in [1.807, 2.05) is 0 Å². The van der Waals surface area contributed by atoms with E-state index in [9.17, 15) is 4.79 Å². The molecule has 2 atom stereocenters. The number of amides is 1. The van der Waals surface area contributed by atoms with Crippen LogP contribution in [0.1, 0.15) is 38.5 Å². The first kappa shape index (κ1) is 9.97. The lowest BCUT2D eigenvalue weighted by atomic mass is 9.68. The van der Waals surface area contributed by atoms with Gasteiger partial charge in [-0.25, -0.2) is 0 Å². The summed E-state index contributed by atoms with van der Waals surface area (Å²) in [5.74, 6) is 0.218. The van der Waals surface area contributed by atoms with Gasteiger partial charge in [-0.1, -0.05) is 6.42 Å². The molecule has 3 nitrogen and oxygen atoms in total. The number of methoxy groups -OCH3 is 1. The Balaban J connectivity index is 1.97. The molecule has 0 aromatic rings. The van der Waals surface area contributed by atoms with Crippen molar-refractivity contribution in [2.75, 3.05) is 13.7 Å². The van der Waals surface area contributed by atoms with Gasteiger partial charge >= 0.3 is 0 Å². The molecular formula is C11H19NO2. The van der Waals surface area contributed by atoms with Crippen molar-refractivity contribution in [2.45, 2.75) is 44.6 Å². The average molecular weight is 197 g/mol. The van der Waals surface area contributed by atoms with Crippen molar-refractivity contribution in [3.05, 3.63) is 0 Å². The van der Waals surface area contributed by atoms with Crippen LogP contribution < -0.4 is 5.32 Å². The van der Waals surface area contributed by atoms with E-state index in [4.69, 9.17) is 4.74 Å². The third-order valence-electron chi connectivity index (χ3n) is 3.77. The Kier molecular flexibility index (Phi) is 2.77. The molecule has 1 aliphatic heterocycles. The fraction of sp³-hybridized carbons (Fsp3) is 0.909. The highest BCUT2D eigenvalue weighted by atomic mass is 16.5. The van der Waals surface area contributed by atoms with Crippen LogP contribution in [0.2, 0.25) is 0 Å². The number of ether oxygens (including phenoxy) is 1. The maximum absolute atomic E-state index is 11.1. The summed E-state index contributed by atoms with van der Waals surface area (Å²) < 4.78 is 5.43. The van der Waals surface area contributed by atoms with Crippen molar-refractivity contribution in [3.63, 3.8) is 0 Å². The molecule has 1 saturated carbocycles. The zero-order chi connectivity index (χ0) is 10.0. The van der Waals surface area contributed by atoms with Crippen LogP contribution in [0.3, 0.4) is 0 Å². The van der Waals surface area contributed by atoms with Crippen LogP contribution in [-0.2, 0) is 9.53 Å². The molecule has 0 radical (unpaired) electrons. The molecule has 2 unspecified atom stereocenters. The van der Waals surface area contributed by atoms with Gasteiger partial charge in [0.15, 0.2) is 0 Å². The monoisotopic (exact) mass is 197 g/mol. The number of hydrogen-bond acceptors (Lipinski definition) is 2. The minimum absolute atomic E-state index is 0.218. The van der Waals surface area contributed by atoms with Crippen LogP contribution in [0.5, 0.6) is 0 Å². The maximum atomic E-state index is 11.1. The van der Waals surface area contributed by atoms with Crippen molar-refractivity contribution in [3.8, 4) is 0 Å². The number of hydrogen-bond donors (Lipinski definition) is 1. The van der Waals surface area contributed by atoms with Crippen LogP contribution in [-0.4, -0.2) is 25.7 Å². The number of piperidine rings is 1. The number of carbonyl (C=O) groups is 1. The molecule has 2 fully saturated rings. The van der Waals surface area contributed by atoms with Crippen LogP contribution in [0.15, 0.2) is 0 Å². The zero-order valence-electron chi connectivity index (χ0n) is 8.84. The second kappa shape index (κ2) is 3.89. The smallest absolute Gasteiger partial charge is 0.220 e. The average Bonchev–Trinajstić information content (AvgIpc) is 2.23. The molecule has 14 heavy (non-hydrogen) atoms. The zero-order valence-corrected chi connectivity index (χ0v) is 8.84. The molecule has 3 heteroatoms. The molecule has 0 bridgehead atoms. The lowest BCUT2D eigenvalue weighted by Crippen LogP contribution is -2.46. The molecule has 0 aromatic heterocycles. The first-order valence-corrected chi connectivity index (χ1v) is 5.54. The Morgan fingerprint density at radius 1 is 1.50 bits per heavy atom. The molecule has 2 aliphatic rings. The summed E-state index contributed by atoms with van der Waals surface area (Å²) in [6, 6.07) is 0. The summed E-state index contributed by atoms with van der Waals surface area (Å²) >= 11 is 0. The van der Waals surface area contributed by atoms with Crippen LogP contribution in [0.25, 0.3) is 0 Å². The lowest BCUT2D eigenvalue weighted by Gasteiger charge is -2.43. The van der Waals surface area contributed by atoms with Gasteiger partial charge in [-0.05, 0) is 31.1 Å². The summed E-state index contributed by atoms with van der Waals surface area (Å²) in [7, 11) is 1.80. The van der Waals surface area contributed by atoms with E-state index in [1.165, 1.54) is 19.3 Å². The largest absolute Gasteiger partial charge is 0.381 e. The summed E-state index contributed by atoms with van der Waals surface area (Å²) in [6.07, 6.45) is 6.99. The second-order valence-corrected chi connectivity index (χ2v) is 4.73. The Labute approximate surface area is 85.2 Å². The van der Waals surface area contributed by atoms with E-state index in [2.05, 4.69) is 5.32 Å². The van der Waals surface area contributed by atoms with E-state index >= 15 is 0 Å². The quantitative estimate of drug-likeness (QED) is 0.691. The molecule has 0 aromatic carbocycles. The molecule has 80 valence electrons. The summed E-state index contributed by atoms with van der Waals surface area (Å²) in [5.41, 5.74) is 0.354. The number of carbonyl (C=O) groups excluding carboxylic acids is 1. The number of nitrogens with one attached hydrogen (secondary N) is 1. The molecule has 1 aliphatic carbocycles. The third kappa shape index (κ3) is 1.92. The van der Waals surface area contributed by atoms with Crippen molar-refractivity contribution < 1.29 is 9.53 Å². The fourth-order valence-corrected chi connectivity index (χ4v) is 2.82. The van der Waals surface area contributed by atoms with E-state index in [0.29, 0.717) is 17.9 Å². The lowest BCUT2D eigenvalue weighted by molar-refractivity contribution is -0.125. The molecule has 1 saturated heterocycles. The molecule has 1 N–H and O–H groups in total. The van der Waals surface area contributed by atoms with Gasteiger partial charge < -0.3 is 10.1 Å². The standard InChI is InChI=1S/C11H19NO2/c1-14-9-3-2-5-11(7-9)6-4-10(13)12-8-11/h9H,2-8H2,1H3,(H,12,13). The third-order valence-corrected chi connectivity index (χ3v) is 3.77. The SMILES string of the molecule is COC1CCCC2(CCC(=O)NC2)C1. The first-order chi connectivity index (χ1) is 6.74. The Morgan fingerprint density at radius 3 is 3.00 bits per heavy atom. The van der Waals surface area contributed by atoms with Crippen LogP contribution >= 0.6 is 0 Å². The second-order valence-electron chi connectivity index (χ2n) is 4.73. The van der Waals surface area contributed by atoms with E-state index < -0.39 is 0 Å². The minimum atomic E-state index is 0.218. The van der Waals surface area contributed by atoms with Crippen molar-refractivity contribution in [1.82, 2.24) is 5.32 Å². The predicted molar refractivity (Wildman–Crippen MR) is 53.9 cm³/mol. The topological polar surface area (TPSA) is 38.3 Å². The Bertz CT molecular complexity index is 217. The van der Waals surface area contributed by atoms with E-state index in [0.717, 1.165) is 19.4 Å². The van der Waals surface area contributed by atoms with Gasteiger partial charge in [-0.15, -0.1) is 0 Å². The minimum Gasteiger partial charge on any atom is -0.381 e. The van der Waals surface area contributed by atoms with Gasteiger partial charge in [0.1, 0.15) is 0 Å². The van der Waals surface area contributed by atoms with Gasteiger partial charge in [0, 0.05) is 20.1 Å². The first-order valence-electron chi connectivity index (χ1n) is 5.54. The van der Waals surface area contributed by atoms with Gasteiger partial charge in [0.25, 0.3) is 0 Å². The molecule has 1 spiro atoms. The Morgan fingerprint density at radius 2 is 2.36 bits per heavy atom. The Hall–Kier alpha value is -0.570. The predicted octanol–water partition coefficient (Wildman–Crippen LogP) is 1.47. The normalized spacial score (nSPS) is 38.4. The van der Waals surface area contributed by atoms with E-state index in [1.54, 1.807) is 7.11 Å². The van der Waals surface area contributed by atoms with Crippen LogP contribution in [0.4, 0.5) is 0 Å². The van der Waals surface area contributed by atoms with Gasteiger partial charge in [-0.3, -0.25) is 4.79 Å². The van der Waals surface area contributed by atoms with Gasteiger partial charge in [0.2, 0.25) is 5.91 Å². The van der Waals surface area contributed by atoms with Crippen molar-refractivity contribution >= 4 is 5.91 Å². The fourth-order valence-electron chi connectivity index (χ4n) is 2.82. The maximum Gasteiger partial charge on any atom is 0.220 e. The van der Waals surface area contributed by atoms with Crippen LogP contribution in [0, 0.1) is 5.41 Å². The highest BCUT2D eigenvalue weighted by Crippen LogP contribution is 2.42. The molecular weight excluding hydrogens is 178 g/mol. The highest BCUT2D eigenvalue weighted by Gasteiger charge is 2.39. The molecule has 1 amide bonds. The number of rotatable bonds is 1. The van der Waals surface area contributed by atoms with Gasteiger partial charge in [-0.2, -0.15) is 0 Å². The summed E-state index contributed by atoms with van der Waals surface area (Å²) in [6.45, 7) is 0.867. The van der Waals surface area contributed by atoms with Gasteiger partial charge in [0.05, 0.1) is 6.10 Å². The van der Waals surface area contributed by atoms with Crippen molar-refractivity contribution in [1.29, 1.82) is 0 Å². The summed E-state index contributed by atoms with van der Waals surface area (Å²) in [5, 5.41) is 2.99. The van der Waals surface area contributed by atoms with Crippen molar-refractivity contribution in [2.24, 2.45) is 5.41 Å². The summed E-state index contributed by atoms with van der Waals surface area (Å²) in [4.78, 5) is 11.1. The highest BCUT2D eigenvalue weighted by molar-refractivity contribution is 5.76. The molecule has 1 heterocycles. The van der Waals surface area contributed by atoms with E-state index in [-0.39, 0.29) is 5.91 Å². The molecule has 2 rings (SSSR count).